The number of imide groups is 1. The summed E-state index contributed by atoms with van der Waals surface area (Å²) < 4.78 is 5.00. The van der Waals surface area contributed by atoms with E-state index in [0.29, 0.717) is 17.7 Å². The van der Waals surface area contributed by atoms with E-state index in [1.165, 1.54) is 0 Å². The van der Waals surface area contributed by atoms with Gasteiger partial charge in [0.1, 0.15) is 6.54 Å². The SMILES string of the molecule is O=C(CN1C(=O)c2ccccc2C1=O)OCCCCBr. The molecule has 0 aliphatic carbocycles. The second-order valence-corrected chi connectivity index (χ2v) is 5.15. The maximum absolute atomic E-state index is 12.0. The Hall–Kier alpha value is -1.69. The number of hydrogen-bond acceptors (Lipinski definition) is 4. The Morgan fingerprint density at radius 1 is 1.10 bits per heavy atom. The van der Waals surface area contributed by atoms with E-state index in [4.69, 9.17) is 4.74 Å². The first kappa shape index (κ1) is 14.7. The average molecular weight is 340 g/mol. The standard InChI is InChI=1S/C14H14BrNO4/c15-7-3-4-8-20-12(17)9-16-13(18)10-5-1-2-6-11(10)14(16)19/h1-2,5-6H,3-4,7-9H2. The summed E-state index contributed by atoms with van der Waals surface area (Å²) in [5.41, 5.74) is 0.675. The van der Waals surface area contributed by atoms with Gasteiger partial charge in [0.05, 0.1) is 17.7 Å². The van der Waals surface area contributed by atoms with E-state index in [1.54, 1.807) is 24.3 Å². The molecule has 1 aromatic carbocycles. The van der Waals surface area contributed by atoms with Crippen LogP contribution in [0.5, 0.6) is 0 Å². The van der Waals surface area contributed by atoms with Crippen molar-refractivity contribution in [3.8, 4) is 0 Å². The Bertz CT molecular complexity index is 509. The number of unbranched alkanes of at least 4 members (excludes halogenated alkanes) is 1. The zero-order valence-electron chi connectivity index (χ0n) is 10.8. The van der Waals surface area contributed by atoms with Gasteiger partial charge in [-0.3, -0.25) is 19.3 Å². The Balaban J connectivity index is 1.93. The van der Waals surface area contributed by atoms with Gasteiger partial charge in [-0.1, -0.05) is 28.1 Å². The Labute approximate surface area is 125 Å². The summed E-state index contributed by atoms with van der Waals surface area (Å²) in [4.78, 5) is 36.6. The second kappa shape index (κ2) is 6.65. The molecule has 0 radical (unpaired) electrons. The van der Waals surface area contributed by atoms with E-state index < -0.39 is 17.8 Å². The van der Waals surface area contributed by atoms with E-state index in [2.05, 4.69) is 15.9 Å². The van der Waals surface area contributed by atoms with Crippen molar-refractivity contribution in [3.05, 3.63) is 35.4 Å². The topological polar surface area (TPSA) is 63.7 Å². The highest BCUT2D eigenvalue weighted by Crippen LogP contribution is 2.22. The minimum absolute atomic E-state index is 0.299. The van der Waals surface area contributed by atoms with Crippen molar-refractivity contribution in [1.82, 2.24) is 4.90 Å². The number of esters is 1. The molecule has 0 spiro atoms. The zero-order chi connectivity index (χ0) is 14.5. The van der Waals surface area contributed by atoms with Crippen LogP contribution in [0.4, 0.5) is 0 Å². The number of nitrogens with zero attached hydrogens (tertiary/aromatic N) is 1. The van der Waals surface area contributed by atoms with Gasteiger partial charge in [0, 0.05) is 5.33 Å². The lowest BCUT2D eigenvalue weighted by atomic mass is 10.1. The molecule has 0 fully saturated rings. The molecule has 5 nitrogen and oxygen atoms in total. The zero-order valence-corrected chi connectivity index (χ0v) is 12.4. The van der Waals surface area contributed by atoms with Crippen molar-refractivity contribution < 1.29 is 19.1 Å². The third-order valence-electron chi connectivity index (χ3n) is 2.96. The van der Waals surface area contributed by atoms with Crippen LogP contribution in [0.15, 0.2) is 24.3 Å². The van der Waals surface area contributed by atoms with E-state index in [-0.39, 0.29) is 6.54 Å². The number of alkyl halides is 1. The maximum atomic E-state index is 12.0. The lowest BCUT2D eigenvalue weighted by Gasteiger charge is -2.12. The third kappa shape index (κ3) is 3.07. The number of amides is 2. The minimum atomic E-state index is -0.561. The molecule has 106 valence electrons. The fraction of sp³-hybridized carbons (Fsp3) is 0.357. The van der Waals surface area contributed by atoms with Crippen LogP contribution in [-0.4, -0.2) is 41.2 Å². The summed E-state index contributed by atoms with van der Waals surface area (Å²) in [6, 6.07) is 6.53. The molecule has 0 atom stereocenters. The van der Waals surface area contributed by atoms with Gasteiger partial charge in [0.15, 0.2) is 0 Å². The molecular weight excluding hydrogens is 326 g/mol. The van der Waals surface area contributed by atoms with Gasteiger partial charge >= 0.3 is 5.97 Å². The lowest BCUT2D eigenvalue weighted by molar-refractivity contribution is -0.144. The largest absolute Gasteiger partial charge is 0.464 e. The number of carbonyl (C=O) groups excluding carboxylic acids is 3. The molecule has 1 heterocycles. The van der Waals surface area contributed by atoms with Crippen molar-refractivity contribution in [3.63, 3.8) is 0 Å². The van der Waals surface area contributed by atoms with Crippen LogP contribution in [0.2, 0.25) is 0 Å². The van der Waals surface area contributed by atoms with Gasteiger partial charge in [-0.2, -0.15) is 0 Å². The van der Waals surface area contributed by atoms with Crippen molar-refractivity contribution in [2.45, 2.75) is 12.8 Å². The number of ether oxygens (including phenoxy) is 1. The molecule has 0 bridgehead atoms. The molecule has 0 N–H and O–H groups in total. The van der Waals surface area contributed by atoms with Crippen LogP contribution in [0.1, 0.15) is 33.6 Å². The van der Waals surface area contributed by atoms with Gasteiger partial charge < -0.3 is 4.74 Å². The molecule has 0 unspecified atom stereocenters. The number of halogens is 1. The Morgan fingerprint density at radius 3 is 2.25 bits per heavy atom. The highest BCUT2D eigenvalue weighted by molar-refractivity contribution is 9.09. The molecule has 1 aromatic rings. The molecule has 2 amide bonds. The molecular formula is C14H14BrNO4. The summed E-state index contributed by atoms with van der Waals surface area (Å²) in [6.45, 7) is -0.0335. The third-order valence-corrected chi connectivity index (χ3v) is 3.52. The van der Waals surface area contributed by atoms with Crippen LogP contribution < -0.4 is 0 Å². The number of carbonyl (C=O) groups is 3. The smallest absolute Gasteiger partial charge is 0.326 e. The van der Waals surface area contributed by atoms with Crippen LogP contribution in [0.25, 0.3) is 0 Å². The van der Waals surface area contributed by atoms with E-state index >= 15 is 0 Å². The summed E-state index contributed by atoms with van der Waals surface area (Å²) in [7, 11) is 0. The van der Waals surface area contributed by atoms with Crippen molar-refractivity contribution in [2.75, 3.05) is 18.5 Å². The summed E-state index contributed by atoms with van der Waals surface area (Å²) in [6.07, 6.45) is 1.65. The van der Waals surface area contributed by atoms with E-state index in [0.717, 1.165) is 23.1 Å². The van der Waals surface area contributed by atoms with Crippen molar-refractivity contribution in [2.24, 2.45) is 0 Å². The van der Waals surface area contributed by atoms with Crippen LogP contribution >= 0.6 is 15.9 Å². The molecule has 2 rings (SSSR count). The van der Waals surface area contributed by atoms with E-state index in [1.807, 2.05) is 0 Å². The van der Waals surface area contributed by atoms with Crippen LogP contribution in [-0.2, 0) is 9.53 Å². The number of benzene rings is 1. The number of rotatable bonds is 6. The van der Waals surface area contributed by atoms with Crippen molar-refractivity contribution in [1.29, 1.82) is 0 Å². The Morgan fingerprint density at radius 2 is 1.70 bits per heavy atom. The predicted octanol–water partition coefficient (Wildman–Crippen LogP) is 2.00. The van der Waals surface area contributed by atoms with Crippen LogP contribution in [0.3, 0.4) is 0 Å². The van der Waals surface area contributed by atoms with Gasteiger partial charge in [0.2, 0.25) is 0 Å². The second-order valence-electron chi connectivity index (χ2n) is 4.36. The first-order valence-electron chi connectivity index (χ1n) is 6.32. The van der Waals surface area contributed by atoms with Gasteiger partial charge in [-0.15, -0.1) is 0 Å². The maximum Gasteiger partial charge on any atom is 0.326 e. The molecule has 0 saturated carbocycles. The predicted molar refractivity (Wildman–Crippen MR) is 75.8 cm³/mol. The molecule has 20 heavy (non-hydrogen) atoms. The summed E-state index contributed by atoms with van der Waals surface area (Å²) in [5.74, 6) is -1.44. The van der Waals surface area contributed by atoms with Gasteiger partial charge in [-0.25, -0.2) is 0 Å². The summed E-state index contributed by atoms with van der Waals surface area (Å²) >= 11 is 3.28. The fourth-order valence-corrected chi connectivity index (χ4v) is 2.34. The fourth-order valence-electron chi connectivity index (χ4n) is 1.94. The minimum Gasteiger partial charge on any atom is -0.464 e. The normalized spacial score (nSPS) is 13.6. The molecule has 1 aliphatic rings. The molecule has 6 heteroatoms. The Kier molecular flexibility index (Phi) is 4.89. The molecule has 0 saturated heterocycles. The molecule has 1 aliphatic heterocycles. The highest BCUT2D eigenvalue weighted by atomic mass is 79.9. The lowest BCUT2D eigenvalue weighted by Crippen LogP contribution is -2.35. The number of fused-ring (bicyclic) bond motifs is 1. The van der Waals surface area contributed by atoms with Gasteiger partial charge in [-0.05, 0) is 25.0 Å². The van der Waals surface area contributed by atoms with Gasteiger partial charge in [0.25, 0.3) is 11.8 Å². The summed E-state index contributed by atoms with van der Waals surface area (Å²) in [5, 5.41) is 0.850. The number of hydrogen-bond donors (Lipinski definition) is 0. The highest BCUT2D eigenvalue weighted by Gasteiger charge is 2.36. The quantitative estimate of drug-likeness (QED) is 0.344. The van der Waals surface area contributed by atoms with Crippen LogP contribution in [0, 0.1) is 0 Å². The van der Waals surface area contributed by atoms with E-state index in [9.17, 15) is 14.4 Å². The first-order chi connectivity index (χ1) is 9.65. The average Bonchev–Trinajstić information content (AvgIpc) is 2.69. The molecule has 0 aromatic heterocycles. The monoisotopic (exact) mass is 339 g/mol. The van der Waals surface area contributed by atoms with Crippen molar-refractivity contribution >= 4 is 33.7 Å². The first-order valence-corrected chi connectivity index (χ1v) is 7.44.